The monoisotopic (exact) mass is 262 g/mol. The van der Waals surface area contributed by atoms with E-state index in [9.17, 15) is 4.79 Å². The Hall–Kier alpha value is -1.75. The van der Waals surface area contributed by atoms with Crippen LogP contribution in [0.3, 0.4) is 0 Å². The largest absolute Gasteiger partial charge is 0.497 e. The topological polar surface area (TPSA) is 50.8 Å². The number of cyclic esters (lactones) is 1. The number of nitrogens with zero attached hydrogens (tertiary/aromatic N) is 1. The fourth-order valence-electron chi connectivity index (χ4n) is 2.71. The summed E-state index contributed by atoms with van der Waals surface area (Å²) in [5.41, 5.74) is 0.831. The summed E-state index contributed by atoms with van der Waals surface area (Å²) >= 11 is 0. The Morgan fingerprint density at radius 2 is 2.37 bits per heavy atom. The zero-order valence-electron chi connectivity index (χ0n) is 11.0. The zero-order valence-corrected chi connectivity index (χ0v) is 11.0. The van der Waals surface area contributed by atoms with Gasteiger partial charge in [0.15, 0.2) is 0 Å². The van der Waals surface area contributed by atoms with E-state index in [1.807, 2.05) is 24.3 Å². The summed E-state index contributed by atoms with van der Waals surface area (Å²) in [5, 5.41) is 3.31. The molecule has 1 N–H and O–H groups in total. The maximum atomic E-state index is 12.0. The van der Waals surface area contributed by atoms with Gasteiger partial charge in [-0.05, 0) is 25.1 Å². The minimum Gasteiger partial charge on any atom is -0.497 e. The van der Waals surface area contributed by atoms with Crippen LogP contribution < -0.4 is 15.0 Å². The van der Waals surface area contributed by atoms with Crippen molar-refractivity contribution in [3.05, 3.63) is 24.3 Å². The van der Waals surface area contributed by atoms with Crippen molar-refractivity contribution < 1.29 is 14.3 Å². The van der Waals surface area contributed by atoms with Gasteiger partial charge in [0.2, 0.25) is 0 Å². The number of hydrogen-bond donors (Lipinski definition) is 1. The minimum atomic E-state index is -0.259. The van der Waals surface area contributed by atoms with Crippen molar-refractivity contribution in [2.75, 3.05) is 31.6 Å². The minimum absolute atomic E-state index is 0.00583. The summed E-state index contributed by atoms with van der Waals surface area (Å²) in [6, 6.07) is 7.50. The zero-order chi connectivity index (χ0) is 13.2. The quantitative estimate of drug-likeness (QED) is 0.899. The maximum absolute atomic E-state index is 12.0. The van der Waals surface area contributed by atoms with Crippen LogP contribution >= 0.6 is 0 Å². The Morgan fingerprint density at radius 1 is 1.47 bits per heavy atom. The molecule has 2 atom stereocenters. The highest BCUT2D eigenvalue weighted by molar-refractivity contribution is 5.90. The molecule has 1 aromatic carbocycles. The van der Waals surface area contributed by atoms with Crippen molar-refractivity contribution in [2.45, 2.75) is 12.5 Å². The summed E-state index contributed by atoms with van der Waals surface area (Å²) in [7, 11) is 1.62. The highest BCUT2D eigenvalue weighted by Crippen LogP contribution is 2.29. The van der Waals surface area contributed by atoms with E-state index in [4.69, 9.17) is 9.47 Å². The van der Waals surface area contributed by atoms with Crippen molar-refractivity contribution >= 4 is 11.8 Å². The summed E-state index contributed by atoms with van der Waals surface area (Å²) in [4.78, 5) is 13.7. The van der Waals surface area contributed by atoms with Crippen LogP contribution in [0.5, 0.6) is 5.75 Å². The molecule has 0 radical (unpaired) electrons. The van der Waals surface area contributed by atoms with Gasteiger partial charge in [-0.25, -0.2) is 4.79 Å². The van der Waals surface area contributed by atoms with Gasteiger partial charge in [0.1, 0.15) is 11.9 Å². The van der Waals surface area contributed by atoms with Crippen LogP contribution in [0.4, 0.5) is 10.5 Å². The molecule has 2 heterocycles. The molecule has 0 aromatic heterocycles. The van der Waals surface area contributed by atoms with Gasteiger partial charge in [-0.3, -0.25) is 4.90 Å². The lowest BCUT2D eigenvalue weighted by molar-refractivity contribution is 0.111. The third-order valence-corrected chi connectivity index (χ3v) is 3.82. The average Bonchev–Trinajstić information content (AvgIpc) is 3.07. The van der Waals surface area contributed by atoms with Crippen LogP contribution in [-0.4, -0.2) is 38.9 Å². The molecular weight excluding hydrogens is 244 g/mol. The molecule has 0 bridgehead atoms. The molecule has 0 aliphatic carbocycles. The van der Waals surface area contributed by atoms with E-state index in [1.54, 1.807) is 12.0 Å². The third kappa shape index (κ3) is 2.38. The highest BCUT2D eigenvalue weighted by atomic mass is 16.6. The molecule has 5 heteroatoms. The number of amides is 1. The molecule has 19 heavy (non-hydrogen) atoms. The number of carbonyl (C=O) groups excluding carboxylic acids is 1. The molecule has 5 nitrogen and oxygen atoms in total. The lowest BCUT2D eigenvalue weighted by Gasteiger charge is -2.16. The number of nitrogens with one attached hydrogen (secondary N) is 1. The normalized spacial score (nSPS) is 26.6. The van der Waals surface area contributed by atoms with E-state index < -0.39 is 0 Å². The number of ether oxygens (including phenoxy) is 2. The first-order valence-electron chi connectivity index (χ1n) is 6.61. The summed E-state index contributed by atoms with van der Waals surface area (Å²) in [5.74, 6) is 1.18. The number of rotatable bonds is 3. The molecule has 102 valence electrons. The van der Waals surface area contributed by atoms with E-state index in [2.05, 4.69) is 5.32 Å². The van der Waals surface area contributed by atoms with Crippen LogP contribution in [0.25, 0.3) is 0 Å². The SMILES string of the molecule is COc1cccc(N2CC(C3CCNC3)OC2=O)c1. The fraction of sp³-hybridized carbons (Fsp3) is 0.500. The molecule has 2 fully saturated rings. The van der Waals surface area contributed by atoms with E-state index in [1.165, 1.54) is 0 Å². The van der Waals surface area contributed by atoms with Gasteiger partial charge in [-0.15, -0.1) is 0 Å². The molecule has 2 aliphatic rings. The highest BCUT2D eigenvalue weighted by Gasteiger charge is 2.38. The lowest BCUT2D eigenvalue weighted by atomic mass is 10.0. The molecular formula is C14H18N2O3. The van der Waals surface area contributed by atoms with Crippen molar-refractivity contribution in [1.29, 1.82) is 0 Å². The van der Waals surface area contributed by atoms with Crippen LogP contribution in [-0.2, 0) is 4.74 Å². The lowest BCUT2D eigenvalue weighted by Crippen LogP contribution is -2.28. The Morgan fingerprint density at radius 3 is 3.11 bits per heavy atom. The maximum Gasteiger partial charge on any atom is 0.414 e. The fourth-order valence-corrected chi connectivity index (χ4v) is 2.71. The number of methoxy groups -OCH3 is 1. The van der Waals surface area contributed by atoms with E-state index in [0.29, 0.717) is 12.5 Å². The van der Waals surface area contributed by atoms with Crippen LogP contribution in [0.1, 0.15) is 6.42 Å². The van der Waals surface area contributed by atoms with E-state index in [0.717, 1.165) is 30.9 Å². The molecule has 0 spiro atoms. The summed E-state index contributed by atoms with van der Waals surface area (Å²) < 4.78 is 10.7. The number of benzene rings is 1. The van der Waals surface area contributed by atoms with E-state index >= 15 is 0 Å². The predicted molar refractivity (Wildman–Crippen MR) is 71.6 cm³/mol. The van der Waals surface area contributed by atoms with Gasteiger partial charge in [-0.2, -0.15) is 0 Å². The van der Waals surface area contributed by atoms with Crippen LogP contribution in [0.2, 0.25) is 0 Å². The molecule has 2 aliphatic heterocycles. The second kappa shape index (κ2) is 5.09. The Labute approximate surface area is 112 Å². The van der Waals surface area contributed by atoms with Crippen LogP contribution in [0.15, 0.2) is 24.3 Å². The first-order chi connectivity index (χ1) is 9.28. The number of hydrogen-bond acceptors (Lipinski definition) is 4. The summed E-state index contributed by atoms with van der Waals surface area (Å²) in [6.45, 7) is 2.57. The standard InChI is InChI=1S/C14H18N2O3/c1-18-12-4-2-3-11(7-12)16-9-13(19-14(16)17)10-5-6-15-8-10/h2-4,7,10,13,15H,5-6,8-9H2,1H3. The number of carbonyl (C=O) groups is 1. The predicted octanol–water partition coefficient (Wildman–Crippen LogP) is 1.63. The average molecular weight is 262 g/mol. The second-order valence-corrected chi connectivity index (χ2v) is 4.99. The van der Waals surface area contributed by atoms with Gasteiger partial charge >= 0.3 is 6.09 Å². The first kappa shape index (κ1) is 12.3. The summed E-state index contributed by atoms with van der Waals surface area (Å²) in [6.07, 6.45) is 0.808. The van der Waals surface area contributed by atoms with Gasteiger partial charge in [-0.1, -0.05) is 6.07 Å². The van der Waals surface area contributed by atoms with Gasteiger partial charge in [0, 0.05) is 18.5 Å². The first-order valence-corrected chi connectivity index (χ1v) is 6.61. The van der Waals surface area contributed by atoms with Crippen LogP contribution in [0, 0.1) is 5.92 Å². The van der Waals surface area contributed by atoms with Crippen molar-refractivity contribution in [3.8, 4) is 5.75 Å². The molecule has 3 rings (SSSR count). The molecule has 0 saturated carbocycles. The Kier molecular flexibility index (Phi) is 3.29. The molecule has 1 aromatic rings. The smallest absolute Gasteiger partial charge is 0.414 e. The van der Waals surface area contributed by atoms with Gasteiger partial charge < -0.3 is 14.8 Å². The third-order valence-electron chi connectivity index (χ3n) is 3.82. The van der Waals surface area contributed by atoms with Gasteiger partial charge in [0.25, 0.3) is 0 Å². The van der Waals surface area contributed by atoms with Crippen molar-refractivity contribution in [2.24, 2.45) is 5.92 Å². The molecule has 2 unspecified atom stereocenters. The Balaban J connectivity index is 1.75. The van der Waals surface area contributed by atoms with E-state index in [-0.39, 0.29) is 12.2 Å². The number of anilines is 1. The Bertz CT molecular complexity index is 472. The van der Waals surface area contributed by atoms with Crippen molar-refractivity contribution in [1.82, 2.24) is 5.32 Å². The second-order valence-electron chi connectivity index (χ2n) is 4.99. The van der Waals surface area contributed by atoms with Crippen molar-refractivity contribution in [3.63, 3.8) is 0 Å². The molecule has 2 saturated heterocycles. The molecule has 1 amide bonds. The van der Waals surface area contributed by atoms with Gasteiger partial charge in [0.05, 0.1) is 19.3 Å².